The van der Waals surface area contributed by atoms with Crippen molar-refractivity contribution in [1.29, 1.82) is 0 Å². The van der Waals surface area contributed by atoms with Crippen LogP contribution in [0.3, 0.4) is 0 Å². The van der Waals surface area contributed by atoms with Gasteiger partial charge >= 0.3 is 0 Å². The van der Waals surface area contributed by atoms with Gasteiger partial charge in [0, 0.05) is 35.6 Å². The Bertz CT molecular complexity index is 1360. The van der Waals surface area contributed by atoms with E-state index in [9.17, 15) is 10.2 Å². The van der Waals surface area contributed by atoms with Crippen LogP contribution in [-0.4, -0.2) is 52.6 Å². The van der Waals surface area contributed by atoms with E-state index < -0.39 is 17.1 Å². The monoisotopic (exact) mass is 499 g/mol. The van der Waals surface area contributed by atoms with Crippen molar-refractivity contribution < 1.29 is 19.7 Å². The van der Waals surface area contributed by atoms with Crippen LogP contribution >= 0.6 is 0 Å². The van der Waals surface area contributed by atoms with Gasteiger partial charge in [0.25, 0.3) is 0 Å². The maximum absolute atomic E-state index is 12.2. The number of hydrogen-bond acceptors (Lipinski definition) is 5. The lowest BCUT2D eigenvalue weighted by molar-refractivity contribution is -0.270. The summed E-state index contributed by atoms with van der Waals surface area (Å²) in [7, 11) is 1.78. The van der Waals surface area contributed by atoms with Crippen LogP contribution in [0.2, 0.25) is 0 Å². The molecule has 1 saturated heterocycles. The van der Waals surface area contributed by atoms with Crippen molar-refractivity contribution in [3.8, 4) is 11.5 Å². The predicted octanol–water partition coefficient (Wildman–Crippen LogP) is 4.89. The van der Waals surface area contributed by atoms with Crippen molar-refractivity contribution >= 4 is 0 Å². The van der Waals surface area contributed by atoms with Crippen molar-refractivity contribution in [2.45, 2.75) is 88.2 Å². The number of ether oxygens (including phenoxy) is 2. The second kappa shape index (κ2) is 6.80. The second-order valence-electron chi connectivity index (χ2n) is 13.1. The number of benzene rings is 2. The number of nitrogens with zero attached hydrogens (tertiary/aromatic N) is 1. The highest BCUT2D eigenvalue weighted by Gasteiger charge is 2.82. The van der Waals surface area contributed by atoms with Gasteiger partial charge < -0.3 is 19.7 Å². The quantitative estimate of drug-likeness (QED) is 0.587. The van der Waals surface area contributed by atoms with Crippen LogP contribution in [0.4, 0.5) is 0 Å². The Morgan fingerprint density at radius 1 is 1.14 bits per heavy atom. The van der Waals surface area contributed by atoms with Gasteiger partial charge in [-0.1, -0.05) is 48.9 Å². The number of hydrogen-bond donors (Lipinski definition) is 2. The van der Waals surface area contributed by atoms with Crippen molar-refractivity contribution in [3.05, 3.63) is 70.3 Å². The Kier molecular flexibility index (Phi) is 4.16. The molecule has 9 rings (SSSR count). The standard InChI is InChI=1S/C32H37NO4/c1-18-5-7-20(8-6-18)27(35)29(3)17-30-11-12-32(29,36-4)28-31(30)13-14-33(21-9-10-21)24(30)16-22-19(2)15-23(34)26(37-28)25(22)31/h5-8,11-12,15,21,24,27-28,34-35H,9-10,13-14,16-17H2,1-4H3/t24?,27-,28+,29?,30?,31+,32+/m1/s1. The third-order valence-electron chi connectivity index (χ3n) is 11.6. The summed E-state index contributed by atoms with van der Waals surface area (Å²) in [5.74, 6) is 0.900. The van der Waals surface area contributed by atoms with Gasteiger partial charge in [0.05, 0.1) is 11.5 Å². The maximum atomic E-state index is 12.2. The van der Waals surface area contributed by atoms with Crippen molar-refractivity contribution in [2.75, 3.05) is 13.7 Å². The lowest BCUT2D eigenvalue weighted by Crippen LogP contribution is -2.82. The van der Waals surface area contributed by atoms with E-state index in [1.165, 1.54) is 29.5 Å². The summed E-state index contributed by atoms with van der Waals surface area (Å²) in [6.07, 6.45) is 9.02. The van der Waals surface area contributed by atoms with Gasteiger partial charge in [-0.15, -0.1) is 0 Å². The molecular formula is C32H37NO4. The predicted molar refractivity (Wildman–Crippen MR) is 141 cm³/mol. The third kappa shape index (κ3) is 2.32. The first-order chi connectivity index (χ1) is 17.7. The molecule has 4 bridgehead atoms. The van der Waals surface area contributed by atoms with E-state index in [2.05, 4.69) is 62.1 Å². The molecule has 5 nitrogen and oxygen atoms in total. The van der Waals surface area contributed by atoms with E-state index in [1.54, 1.807) is 7.11 Å². The number of phenols is 1. The van der Waals surface area contributed by atoms with E-state index in [4.69, 9.17) is 9.47 Å². The first-order valence-corrected chi connectivity index (χ1v) is 14.0. The van der Waals surface area contributed by atoms with E-state index >= 15 is 0 Å². The van der Waals surface area contributed by atoms with Gasteiger partial charge in [0.2, 0.25) is 0 Å². The number of fused-ring (bicyclic) bond motifs is 1. The highest BCUT2D eigenvalue weighted by atomic mass is 16.6. The number of aliphatic hydroxyl groups is 1. The topological polar surface area (TPSA) is 62.2 Å². The Morgan fingerprint density at radius 2 is 1.89 bits per heavy atom. The number of likely N-dealkylation sites (tertiary alicyclic amines) is 1. The van der Waals surface area contributed by atoms with Gasteiger partial charge in [0.15, 0.2) is 11.5 Å². The molecule has 2 N–H and O–H groups in total. The molecule has 7 aliphatic rings. The first kappa shape index (κ1) is 22.6. The lowest BCUT2D eigenvalue weighted by Gasteiger charge is -2.74. The minimum absolute atomic E-state index is 0.197. The minimum atomic E-state index is -0.834. The number of aliphatic hydroxyl groups excluding tert-OH is 1. The van der Waals surface area contributed by atoms with E-state index in [0.717, 1.165) is 36.9 Å². The molecule has 2 aromatic carbocycles. The second-order valence-corrected chi connectivity index (χ2v) is 13.1. The molecule has 3 fully saturated rings. The number of aryl methyl sites for hydroxylation is 2. The molecule has 2 heterocycles. The van der Waals surface area contributed by atoms with Gasteiger partial charge in [-0.25, -0.2) is 0 Å². The van der Waals surface area contributed by atoms with E-state index in [1.807, 2.05) is 6.07 Å². The number of phenolic OH excluding ortho intramolecular Hbond substituents is 1. The molecule has 5 aliphatic carbocycles. The summed E-state index contributed by atoms with van der Waals surface area (Å²) in [4.78, 5) is 2.80. The Hall–Kier alpha value is -2.34. The highest BCUT2D eigenvalue weighted by Crippen LogP contribution is 2.78. The number of rotatable bonds is 4. The number of aromatic hydroxyl groups is 1. The normalized spacial score (nSPS) is 41.4. The fourth-order valence-electron chi connectivity index (χ4n) is 9.86. The highest BCUT2D eigenvalue weighted by molar-refractivity contribution is 5.67. The van der Waals surface area contributed by atoms with Gasteiger partial charge in [-0.05, 0) is 75.3 Å². The Morgan fingerprint density at radius 3 is 2.59 bits per heavy atom. The zero-order valence-corrected chi connectivity index (χ0v) is 22.3. The van der Waals surface area contributed by atoms with Crippen LogP contribution in [0.1, 0.15) is 66.5 Å². The molecule has 3 unspecified atom stereocenters. The summed E-state index contributed by atoms with van der Waals surface area (Å²) in [5, 5.41) is 23.4. The molecule has 2 aliphatic heterocycles. The Balaban J connectivity index is 1.40. The smallest absolute Gasteiger partial charge is 0.165 e. The molecule has 0 radical (unpaired) electrons. The van der Waals surface area contributed by atoms with Gasteiger partial charge in [-0.3, -0.25) is 4.90 Å². The van der Waals surface area contributed by atoms with Gasteiger partial charge in [0.1, 0.15) is 11.7 Å². The van der Waals surface area contributed by atoms with Gasteiger partial charge in [-0.2, -0.15) is 0 Å². The largest absolute Gasteiger partial charge is 0.504 e. The molecule has 194 valence electrons. The SMILES string of the molecule is CO[C@]12C=CC3(CC1(C)[C@H](O)c1ccc(C)cc1)C1Cc4c(C)cc(O)c5c4[C@@]3(CCN1C1CC1)[C@@H]2O5. The van der Waals surface area contributed by atoms with Crippen molar-refractivity contribution in [3.63, 3.8) is 0 Å². The first-order valence-electron chi connectivity index (χ1n) is 14.0. The van der Waals surface area contributed by atoms with Crippen LogP contribution < -0.4 is 4.74 Å². The Labute approximate surface area is 219 Å². The average molecular weight is 500 g/mol. The summed E-state index contributed by atoms with van der Waals surface area (Å²) in [5.41, 5.74) is 3.95. The van der Waals surface area contributed by atoms with E-state index in [-0.39, 0.29) is 22.7 Å². The van der Waals surface area contributed by atoms with Crippen LogP contribution in [-0.2, 0) is 16.6 Å². The molecule has 5 heteroatoms. The zero-order valence-electron chi connectivity index (χ0n) is 22.3. The molecule has 0 aromatic heterocycles. The van der Waals surface area contributed by atoms with Crippen LogP contribution in [0.15, 0.2) is 42.5 Å². The average Bonchev–Trinajstić information content (AvgIpc) is 3.65. The molecule has 2 saturated carbocycles. The maximum Gasteiger partial charge on any atom is 0.165 e. The fraction of sp³-hybridized carbons (Fsp3) is 0.562. The molecular weight excluding hydrogens is 462 g/mol. The lowest BCUT2D eigenvalue weighted by atomic mass is 9.33. The third-order valence-corrected chi connectivity index (χ3v) is 11.6. The summed E-state index contributed by atoms with van der Waals surface area (Å²) in [6, 6.07) is 11.2. The van der Waals surface area contributed by atoms with Crippen LogP contribution in [0.25, 0.3) is 0 Å². The minimum Gasteiger partial charge on any atom is -0.504 e. The molecule has 2 aromatic rings. The van der Waals surface area contributed by atoms with Crippen molar-refractivity contribution in [2.24, 2.45) is 10.8 Å². The summed E-state index contributed by atoms with van der Waals surface area (Å²) < 4.78 is 13.5. The van der Waals surface area contributed by atoms with Crippen LogP contribution in [0, 0.1) is 24.7 Å². The summed E-state index contributed by atoms with van der Waals surface area (Å²) >= 11 is 0. The molecule has 7 atom stereocenters. The number of piperidine rings is 1. The number of methoxy groups -OCH3 is 1. The van der Waals surface area contributed by atoms with E-state index in [0.29, 0.717) is 17.8 Å². The molecule has 2 spiro atoms. The van der Waals surface area contributed by atoms with Crippen LogP contribution in [0.5, 0.6) is 11.5 Å². The molecule has 37 heavy (non-hydrogen) atoms. The fourth-order valence-corrected chi connectivity index (χ4v) is 9.86. The molecule has 0 amide bonds. The van der Waals surface area contributed by atoms with Crippen molar-refractivity contribution in [1.82, 2.24) is 4.90 Å². The summed E-state index contributed by atoms with van der Waals surface area (Å²) in [6.45, 7) is 7.48. The zero-order chi connectivity index (χ0) is 25.5.